The minimum atomic E-state index is 0.116. The molecule has 0 heterocycles. The van der Waals surface area contributed by atoms with E-state index in [9.17, 15) is 4.79 Å². The van der Waals surface area contributed by atoms with Gasteiger partial charge in [-0.2, -0.15) is 0 Å². The molecule has 0 saturated carbocycles. The summed E-state index contributed by atoms with van der Waals surface area (Å²) in [6.07, 6.45) is 0. The molecular formula is C12H17ClN2OS. The number of nitrogens with one attached hydrogen (secondary N) is 1. The van der Waals surface area contributed by atoms with E-state index in [2.05, 4.69) is 5.32 Å². The molecule has 0 atom stereocenters. The summed E-state index contributed by atoms with van der Waals surface area (Å²) < 4.78 is 0. The topological polar surface area (TPSA) is 32.3 Å². The number of carbonyl (C=O) groups is 1. The third-order valence-corrected chi connectivity index (χ3v) is 3.81. The molecule has 1 N–H and O–H groups in total. The fraction of sp³-hybridized carbons (Fsp3) is 0.417. The lowest BCUT2D eigenvalue weighted by molar-refractivity contribution is -0.127. The number of nitrogens with zero attached hydrogens (tertiary/aromatic N) is 1. The Kier molecular flexibility index (Phi) is 6.40. The van der Waals surface area contributed by atoms with Crippen LogP contribution in [-0.4, -0.2) is 43.7 Å². The van der Waals surface area contributed by atoms with Crippen LogP contribution in [0.4, 0.5) is 0 Å². The van der Waals surface area contributed by atoms with E-state index in [4.69, 9.17) is 11.6 Å². The molecule has 1 aromatic carbocycles. The van der Waals surface area contributed by atoms with Crippen molar-refractivity contribution < 1.29 is 4.79 Å². The molecule has 0 saturated heterocycles. The molecule has 0 radical (unpaired) electrons. The van der Waals surface area contributed by atoms with E-state index >= 15 is 0 Å². The molecule has 1 amide bonds. The Hall–Kier alpha value is -0.710. The predicted octanol–water partition coefficient (Wildman–Crippen LogP) is 2.11. The Bertz CT molecular complexity index is 373. The lowest BCUT2D eigenvalue weighted by Crippen LogP contribution is -2.33. The molecule has 17 heavy (non-hydrogen) atoms. The molecule has 5 heteroatoms. The van der Waals surface area contributed by atoms with Crippen LogP contribution in [0.15, 0.2) is 29.2 Å². The zero-order valence-corrected chi connectivity index (χ0v) is 11.6. The van der Waals surface area contributed by atoms with E-state index in [-0.39, 0.29) is 5.91 Å². The molecule has 0 unspecified atom stereocenters. The molecule has 0 bridgehead atoms. The number of rotatable bonds is 6. The minimum absolute atomic E-state index is 0.116. The van der Waals surface area contributed by atoms with Gasteiger partial charge >= 0.3 is 0 Å². The van der Waals surface area contributed by atoms with E-state index in [1.165, 1.54) is 11.8 Å². The number of halogens is 1. The van der Waals surface area contributed by atoms with Gasteiger partial charge < -0.3 is 10.2 Å². The summed E-state index contributed by atoms with van der Waals surface area (Å²) in [7, 11) is 3.68. The van der Waals surface area contributed by atoms with Crippen LogP contribution in [-0.2, 0) is 4.79 Å². The van der Waals surface area contributed by atoms with Gasteiger partial charge in [0.05, 0.1) is 10.8 Å². The van der Waals surface area contributed by atoms with Gasteiger partial charge in [0, 0.05) is 25.0 Å². The molecule has 0 aliphatic heterocycles. The highest BCUT2D eigenvalue weighted by Gasteiger charge is 2.09. The Morgan fingerprint density at radius 3 is 2.82 bits per heavy atom. The van der Waals surface area contributed by atoms with E-state index in [0.29, 0.717) is 10.8 Å². The van der Waals surface area contributed by atoms with Gasteiger partial charge in [-0.25, -0.2) is 0 Å². The van der Waals surface area contributed by atoms with Crippen molar-refractivity contribution in [1.82, 2.24) is 10.2 Å². The normalized spacial score (nSPS) is 10.3. The van der Waals surface area contributed by atoms with Crippen molar-refractivity contribution in [3.8, 4) is 0 Å². The molecule has 0 aliphatic rings. The van der Waals surface area contributed by atoms with E-state index in [1.54, 1.807) is 4.90 Å². The quantitative estimate of drug-likeness (QED) is 0.805. The van der Waals surface area contributed by atoms with E-state index in [0.717, 1.165) is 18.0 Å². The van der Waals surface area contributed by atoms with Gasteiger partial charge in [-0.05, 0) is 19.2 Å². The van der Waals surface area contributed by atoms with Crippen LogP contribution in [0.25, 0.3) is 0 Å². The van der Waals surface area contributed by atoms with Crippen LogP contribution in [0.5, 0.6) is 0 Å². The first-order chi connectivity index (χ1) is 8.15. The van der Waals surface area contributed by atoms with Crippen molar-refractivity contribution in [2.75, 3.05) is 32.9 Å². The van der Waals surface area contributed by atoms with Gasteiger partial charge in [-0.15, -0.1) is 11.8 Å². The smallest absolute Gasteiger partial charge is 0.232 e. The molecule has 1 rings (SSSR count). The number of amides is 1. The highest BCUT2D eigenvalue weighted by molar-refractivity contribution is 8.00. The fourth-order valence-electron chi connectivity index (χ4n) is 1.22. The van der Waals surface area contributed by atoms with Crippen molar-refractivity contribution >= 4 is 29.3 Å². The number of hydrogen-bond donors (Lipinski definition) is 1. The molecule has 3 nitrogen and oxygen atoms in total. The molecule has 94 valence electrons. The average Bonchev–Trinajstić information content (AvgIpc) is 2.34. The van der Waals surface area contributed by atoms with Crippen LogP contribution in [0.2, 0.25) is 5.02 Å². The van der Waals surface area contributed by atoms with Gasteiger partial charge in [-0.1, -0.05) is 23.7 Å². The highest BCUT2D eigenvalue weighted by atomic mass is 35.5. The maximum Gasteiger partial charge on any atom is 0.232 e. The largest absolute Gasteiger partial charge is 0.344 e. The summed E-state index contributed by atoms with van der Waals surface area (Å²) >= 11 is 7.49. The second-order valence-electron chi connectivity index (χ2n) is 3.64. The van der Waals surface area contributed by atoms with Crippen molar-refractivity contribution in [2.24, 2.45) is 0 Å². The minimum Gasteiger partial charge on any atom is -0.344 e. The Morgan fingerprint density at radius 2 is 2.18 bits per heavy atom. The summed E-state index contributed by atoms with van der Waals surface area (Å²) in [5, 5.41) is 3.71. The maximum absolute atomic E-state index is 11.8. The van der Waals surface area contributed by atoms with E-state index in [1.807, 2.05) is 38.4 Å². The summed E-state index contributed by atoms with van der Waals surface area (Å²) in [4.78, 5) is 14.4. The van der Waals surface area contributed by atoms with Crippen molar-refractivity contribution in [3.63, 3.8) is 0 Å². The number of hydrogen-bond acceptors (Lipinski definition) is 3. The van der Waals surface area contributed by atoms with Crippen LogP contribution < -0.4 is 5.32 Å². The van der Waals surface area contributed by atoms with Crippen molar-refractivity contribution in [1.29, 1.82) is 0 Å². The zero-order valence-electron chi connectivity index (χ0n) is 10.1. The first-order valence-electron chi connectivity index (χ1n) is 5.41. The molecular weight excluding hydrogens is 256 g/mol. The number of likely N-dealkylation sites (N-methyl/N-ethyl adjacent to an activating group) is 2. The highest BCUT2D eigenvalue weighted by Crippen LogP contribution is 2.26. The Labute approximate surface area is 112 Å². The third-order valence-electron chi connectivity index (χ3n) is 2.31. The zero-order chi connectivity index (χ0) is 12.7. The Balaban J connectivity index is 2.40. The molecule has 0 fully saturated rings. The van der Waals surface area contributed by atoms with Crippen LogP contribution in [0, 0.1) is 0 Å². The van der Waals surface area contributed by atoms with Crippen LogP contribution in [0.3, 0.4) is 0 Å². The number of thioether (sulfide) groups is 1. The van der Waals surface area contributed by atoms with Crippen molar-refractivity contribution in [3.05, 3.63) is 29.3 Å². The van der Waals surface area contributed by atoms with Gasteiger partial charge in [0.25, 0.3) is 0 Å². The van der Waals surface area contributed by atoms with E-state index < -0.39 is 0 Å². The monoisotopic (exact) mass is 272 g/mol. The maximum atomic E-state index is 11.8. The second-order valence-corrected chi connectivity index (χ2v) is 5.06. The molecule has 0 aliphatic carbocycles. The predicted molar refractivity (Wildman–Crippen MR) is 73.7 cm³/mol. The first kappa shape index (κ1) is 14.4. The van der Waals surface area contributed by atoms with Gasteiger partial charge in [0.2, 0.25) is 5.91 Å². The summed E-state index contributed by atoms with van der Waals surface area (Å²) in [5.74, 6) is 0.536. The number of benzene rings is 1. The fourth-order valence-corrected chi connectivity index (χ4v) is 2.40. The SMILES string of the molecule is CNCCN(C)C(=O)CSc1ccccc1Cl. The molecule has 1 aromatic rings. The number of carbonyl (C=O) groups excluding carboxylic acids is 1. The van der Waals surface area contributed by atoms with Crippen molar-refractivity contribution in [2.45, 2.75) is 4.90 Å². The lowest BCUT2D eigenvalue weighted by atomic mass is 10.4. The average molecular weight is 273 g/mol. The first-order valence-corrected chi connectivity index (χ1v) is 6.77. The Morgan fingerprint density at radius 1 is 1.47 bits per heavy atom. The second kappa shape index (κ2) is 7.58. The summed E-state index contributed by atoms with van der Waals surface area (Å²) in [6.45, 7) is 1.53. The summed E-state index contributed by atoms with van der Waals surface area (Å²) in [6, 6.07) is 7.56. The lowest BCUT2D eigenvalue weighted by Gasteiger charge is -2.16. The standard InChI is InChI=1S/C12H17ClN2OS/c1-14-7-8-15(2)12(16)9-17-11-6-4-3-5-10(11)13/h3-6,14H,7-9H2,1-2H3. The van der Waals surface area contributed by atoms with Gasteiger partial charge in [0.1, 0.15) is 0 Å². The third kappa shape index (κ3) is 4.98. The molecule has 0 aromatic heterocycles. The van der Waals surface area contributed by atoms with Crippen LogP contribution >= 0.6 is 23.4 Å². The van der Waals surface area contributed by atoms with Crippen LogP contribution in [0.1, 0.15) is 0 Å². The van der Waals surface area contributed by atoms with Gasteiger partial charge in [0.15, 0.2) is 0 Å². The van der Waals surface area contributed by atoms with Gasteiger partial charge in [-0.3, -0.25) is 4.79 Å². The molecule has 0 spiro atoms. The summed E-state index contributed by atoms with van der Waals surface area (Å²) in [5.41, 5.74) is 0.